The molecule has 3 saturated carbocycles. The van der Waals surface area contributed by atoms with Gasteiger partial charge < -0.3 is 20.3 Å². The van der Waals surface area contributed by atoms with Gasteiger partial charge in [-0.2, -0.15) is 4.80 Å². The Morgan fingerprint density at radius 3 is 2.57 bits per heavy atom. The van der Waals surface area contributed by atoms with E-state index in [1.807, 2.05) is 0 Å². The van der Waals surface area contributed by atoms with Crippen molar-refractivity contribution in [2.45, 2.75) is 99.1 Å². The minimum Gasteiger partial charge on any atom is -0.481 e. The minimum atomic E-state index is -0.620. The molecule has 9 nitrogen and oxygen atoms in total. The maximum Gasteiger partial charge on any atom is 0.307 e. The van der Waals surface area contributed by atoms with Crippen LogP contribution in [0.15, 0.2) is 18.0 Å². The molecule has 0 unspecified atom stereocenters. The minimum absolute atomic E-state index is 0.0710. The average molecular weight is 584 g/mol. The van der Waals surface area contributed by atoms with Crippen LogP contribution in [0.25, 0.3) is 0 Å². The van der Waals surface area contributed by atoms with Gasteiger partial charge in [-0.25, -0.2) is 0 Å². The summed E-state index contributed by atoms with van der Waals surface area (Å²) >= 11 is 0. The van der Waals surface area contributed by atoms with Crippen molar-refractivity contribution < 1.29 is 19.4 Å². The normalized spacial score (nSPS) is 47.2. The van der Waals surface area contributed by atoms with Gasteiger partial charge in [0.1, 0.15) is 6.04 Å². The summed E-state index contributed by atoms with van der Waals surface area (Å²) in [7, 11) is 0. The molecule has 5 aliphatic rings. The molecule has 1 aromatic rings. The molecular formula is C33H53N5O4. The van der Waals surface area contributed by atoms with Gasteiger partial charge >= 0.3 is 5.97 Å². The standard InChI is InChI=1S/C33H53N5O4/c1-20(2)21(3)29(4)12-13-31(6)22-8-9-25-30(5)17-41-18-33(25,23(22)10-11-32(31,7)26(29)28(39)40)16-24(27(30)42-15-14-34)38-36-19-35-37-38/h10,19-22,24-27H,8-9,11-18,34H2,1-7H3,(H,39,40)/t21-,22+,24-,25+,26-,27+,29-,30-,31-,32+,33+/m1/s1. The molecule has 2 bridgehead atoms. The summed E-state index contributed by atoms with van der Waals surface area (Å²) in [5.41, 5.74) is 6.35. The van der Waals surface area contributed by atoms with Crippen LogP contribution in [0.2, 0.25) is 0 Å². The highest BCUT2D eigenvalue weighted by Crippen LogP contribution is 2.75. The maximum absolute atomic E-state index is 13.3. The maximum atomic E-state index is 13.3. The van der Waals surface area contributed by atoms with Crippen molar-refractivity contribution in [2.24, 2.45) is 62.4 Å². The number of hydrogen-bond acceptors (Lipinski definition) is 7. The van der Waals surface area contributed by atoms with Crippen LogP contribution in [0.3, 0.4) is 0 Å². The molecule has 1 aliphatic heterocycles. The highest BCUT2D eigenvalue weighted by Gasteiger charge is 2.72. The zero-order valence-corrected chi connectivity index (χ0v) is 26.8. The second kappa shape index (κ2) is 10.1. The molecule has 42 heavy (non-hydrogen) atoms. The predicted molar refractivity (Wildman–Crippen MR) is 159 cm³/mol. The smallest absolute Gasteiger partial charge is 0.307 e. The van der Waals surface area contributed by atoms with Crippen LogP contribution in [-0.4, -0.2) is 63.8 Å². The van der Waals surface area contributed by atoms with Crippen LogP contribution in [-0.2, 0) is 14.3 Å². The Morgan fingerprint density at radius 1 is 1.17 bits per heavy atom. The number of nitrogens with zero attached hydrogens (tertiary/aromatic N) is 4. The second-order valence-electron chi connectivity index (χ2n) is 16.0. The highest BCUT2D eigenvalue weighted by molar-refractivity contribution is 5.73. The molecule has 9 heteroatoms. The number of ether oxygens (including phenoxy) is 2. The Labute approximate surface area is 251 Å². The summed E-state index contributed by atoms with van der Waals surface area (Å²) in [6.45, 7) is 18.4. The number of hydrogen-bond donors (Lipinski definition) is 2. The van der Waals surface area contributed by atoms with Gasteiger partial charge in [-0.05, 0) is 83.7 Å². The van der Waals surface area contributed by atoms with E-state index < -0.39 is 11.9 Å². The number of rotatable bonds is 7. The lowest BCUT2D eigenvalue weighted by atomic mass is 9.34. The van der Waals surface area contributed by atoms with E-state index in [4.69, 9.17) is 15.2 Å². The molecule has 0 spiro atoms. The van der Waals surface area contributed by atoms with Crippen molar-refractivity contribution in [1.29, 1.82) is 0 Å². The van der Waals surface area contributed by atoms with E-state index >= 15 is 0 Å². The molecule has 2 heterocycles. The average Bonchev–Trinajstić information content (AvgIpc) is 3.47. The van der Waals surface area contributed by atoms with Gasteiger partial charge in [0.25, 0.3) is 0 Å². The van der Waals surface area contributed by atoms with Crippen molar-refractivity contribution >= 4 is 5.97 Å². The third-order valence-corrected chi connectivity index (χ3v) is 14.2. The van der Waals surface area contributed by atoms with Gasteiger partial charge in [-0.1, -0.05) is 60.1 Å². The quantitative estimate of drug-likeness (QED) is 0.423. The SMILES string of the molecule is CC(C)[C@@H](C)[C@@]1(C)CC[C@]2(C)[C@H]3CC[C@@H]4[C@@]5(COC[C@@]4(C)[C@@H](OCCN)[C@H](n4ncnn4)C5)C3=CC[C@@]2(C)[C@@H]1C(=O)O. The van der Waals surface area contributed by atoms with E-state index in [0.717, 1.165) is 38.5 Å². The molecule has 0 aromatic carbocycles. The summed E-state index contributed by atoms with van der Waals surface area (Å²) in [6.07, 6.45) is 9.67. The van der Waals surface area contributed by atoms with E-state index in [-0.39, 0.29) is 39.2 Å². The molecule has 0 radical (unpaired) electrons. The molecule has 3 N–H and O–H groups in total. The lowest BCUT2D eigenvalue weighted by Gasteiger charge is -2.71. The summed E-state index contributed by atoms with van der Waals surface area (Å²) in [5, 5.41) is 23.9. The Morgan fingerprint density at radius 2 is 1.93 bits per heavy atom. The number of carboxylic acids is 1. The zero-order valence-electron chi connectivity index (χ0n) is 26.8. The third kappa shape index (κ3) is 3.84. The molecular weight excluding hydrogens is 530 g/mol. The van der Waals surface area contributed by atoms with Crippen molar-refractivity contribution in [2.75, 3.05) is 26.4 Å². The fraction of sp³-hybridized carbons (Fsp3) is 0.879. The highest BCUT2D eigenvalue weighted by atomic mass is 16.5. The van der Waals surface area contributed by atoms with E-state index in [1.165, 1.54) is 11.9 Å². The summed E-state index contributed by atoms with van der Waals surface area (Å²) in [6, 6.07) is -0.0710. The fourth-order valence-electron chi connectivity index (χ4n) is 11.6. The van der Waals surface area contributed by atoms with Gasteiger partial charge in [0.15, 0.2) is 6.33 Å². The largest absolute Gasteiger partial charge is 0.481 e. The number of allylic oxidation sites excluding steroid dienone is 1. The van der Waals surface area contributed by atoms with E-state index in [9.17, 15) is 9.90 Å². The molecule has 234 valence electrons. The number of nitrogens with two attached hydrogens (primary N) is 1. The molecule has 11 atom stereocenters. The molecule has 6 rings (SSSR count). The van der Waals surface area contributed by atoms with Crippen molar-refractivity contribution in [3.8, 4) is 0 Å². The van der Waals surface area contributed by atoms with Gasteiger partial charge in [0.05, 0.1) is 31.8 Å². The van der Waals surface area contributed by atoms with E-state index in [0.29, 0.717) is 50.0 Å². The Kier molecular flexibility index (Phi) is 7.26. The lowest BCUT2D eigenvalue weighted by molar-refractivity contribution is -0.251. The Bertz CT molecular complexity index is 1220. The number of carbonyl (C=O) groups is 1. The van der Waals surface area contributed by atoms with E-state index in [2.05, 4.69) is 70.0 Å². The second-order valence-corrected chi connectivity index (χ2v) is 16.0. The van der Waals surface area contributed by atoms with Crippen molar-refractivity contribution in [3.05, 3.63) is 18.0 Å². The van der Waals surface area contributed by atoms with Crippen molar-refractivity contribution in [3.63, 3.8) is 0 Å². The number of fused-ring (bicyclic) bond motifs is 3. The van der Waals surface area contributed by atoms with Crippen LogP contribution in [0.4, 0.5) is 0 Å². The van der Waals surface area contributed by atoms with Gasteiger partial charge in [0.2, 0.25) is 0 Å². The number of carboxylic acid groups (broad SMARTS) is 1. The summed E-state index contributed by atoms with van der Waals surface area (Å²) < 4.78 is 13.1. The first-order chi connectivity index (χ1) is 19.8. The van der Waals surface area contributed by atoms with Crippen LogP contribution >= 0.6 is 0 Å². The molecule has 0 amide bonds. The first kappa shape index (κ1) is 30.2. The number of aliphatic carboxylic acids is 1. The number of aromatic nitrogens is 4. The molecule has 4 fully saturated rings. The molecule has 1 aromatic heterocycles. The van der Waals surface area contributed by atoms with Crippen LogP contribution in [0.5, 0.6) is 0 Å². The van der Waals surface area contributed by atoms with Crippen LogP contribution in [0.1, 0.15) is 93.0 Å². The molecule has 4 aliphatic carbocycles. The topological polar surface area (TPSA) is 125 Å². The van der Waals surface area contributed by atoms with Crippen LogP contribution in [0, 0.1) is 56.7 Å². The Hall–Kier alpha value is -1.84. The number of tetrazole rings is 1. The first-order valence-corrected chi connectivity index (χ1v) is 16.4. The summed E-state index contributed by atoms with van der Waals surface area (Å²) in [4.78, 5) is 15.1. The van der Waals surface area contributed by atoms with E-state index in [1.54, 1.807) is 4.80 Å². The van der Waals surface area contributed by atoms with Crippen LogP contribution < -0.4 is 5.73 Å². The first-order valence-electron chi connectivity index (χ1n) is 16.4. The third-order valence-electron chi connectivity index (χ3n) is 14.2. The zero-order chi connectivity index (χ0) is 30.3. The monoisotopic (exact) mass is 583 g/mol. The summed E-state index contributed by atoms with van der Waals surface area (Å²) in [5.74, 6) is 0.476. The van der Waals surface area contributed by atoms with Gasteiger partial charge in [0, 0.05) is 17.4 Å². The van der Waals surface area contributed by atoms with Gasteiger partial charge in [-0.3, -0.25) is 4.79 Å². The molecule has 1 saturated heterocycles. The fourth-order valence-corrected chi connectivity index (χ4v) is 11.6. The predicted octanol–water partition coefficient (Wildman–Crippen LogP) is 5.15. The Balaban J connectivity index is 1.46. The van der Waals surface area contributed by atoms with Crippen molar-refractivity contribution in [1.82, 2.24) is 20.2 Å². The van der Waals surface area contributed by atoms with Gasteiger partial charge in [-0.15, -0.1) is 10.2 Å². The lowest BCUT2D eigenvalue weighted by Crippen LogP contribution is -2.69.